The number of ketones is 1. The summed E-state index contributed by atoms with van der Waals surface area (Å²) in [5.41, 5.74) is 0.798. The van der Waals surface area contributed by atoms with Crippen LogP contribution in [0, 0.1) is 11.8 Å². The fourth-order valence-electron chi connectivity index (χ4n) is 4.56. The second-order valence-corrected chi connectivity index (χ2v) is 9.88. The van der Waals surface area contributed by atoms with Gasteiger partial charge in [-0.15, -0.1) is 0 Å². The minimum Gasteiger partial charge on any atom is -0.468 e. The molecule has 2 aliphatic rings. The quantitative estimate of drug-likeness (QED) is 0.325. The molecule has 0 bridgehead atoms. The van der Waals surface area contributed by atoms with Crippen molar-refractivity contribution in [1.82, 2.24) is 5.32 Å². The van der Waals surface area contributed by atoms with Gasteiger partial charge in [-0.25, -0.2) is 4.79 Å². The van der Waals surface area contributed by atoms with E-state index in [1.165, 1.54) is 19.2 Å². The first-order valence-corrected chi connectivity index (χ1v) is 12.4. The van der Waals surface area contributed by atoms with Crippen LogP contribution in [0.4, 0.5) is 13.2 Å². The lowest BCUT2D eigenvalue weighted by molar-refractivity contribution is -0.151. The van der Waals surface area contributed by atoms with Crippen LogP contribution in [0.2, 0.25) is 0 Å². The van der Waals surface area contributed by atoms with Gasteiger partial charge < -0.3 is 14.8 Å². The van der Waals surface area contributed by atoms with Crippen LogP contribution in [0.25, 0.3) is 0 Å². The molecule has 0 aromatic heterocycles. The predicted molar refractivity (Wildman–Crippen MR) is 125 cm³/mol. The highest BCUT2D eigenvalue weighted by molar-refractivity contribution is 7.99. The third-order valence-electron chi connectivity index (χ3n) is 6.20. The minimum absolute atomic E-state index is 0.136. The Morgan fingerprint density at radius 2 is 1.86 bits per heavy atom. The number of methoxy groups -OCH3 is 1. The number of alkyl halides is 3. The molecular formula is C25H28F3NO5S. The predicted octanol–water partition coefficient (Wildman–Crippen LogP) is 4.61. The number of ether oxygens (including phenoxy) is 2. The first kappa shape index (κ1) is 26.8. The third kappa shape index (κ3) is 5.58. The first-order chi connectivity index (χ1) is 16.5. The summed E-state index contributed by atoms with van der Waals surface area (Å²) in [5, 5.41) is 3.12. The van der Waals surface area contributed by atoms with Crippen molar-refractivity contribution in [2.45, 2.75) is 39.3 Å². The fraction of sp³-hybridized carbons (Fsp3) is 0.480. The van der Waals surface area contributed by atoms with E-state index in [1.54, 1.807) is 25.6 Å². The van der Waals surface area contributed by atoms with Crippen molar-refractivity contribution in [2.75, 3.05) is 25.2 Å². The Kier molecular flexibility index (Phi) is 8.35. The van der Waals surface area contributed by atoms with Gasteiger partial charge in [0, 0.05) is 28.6 Å². The monoisotopic (exact) mass is 511 g/mol. The molecule has 0 amide bonds. The van der Waals surface area contributed by atoms with Crippen LogP contribution in [0.5, 0.6) is 0 Å². The van der Waals surface area contributed by atoms with E-state index in [-0.39, 0.29) is 23.7 Å². The van der Waals surface area contributed by atoms with Gasteiger partial charge in [-0.2, -0.15) is 24.9 Å². The third-order valence-corrected chi connectivity index (χ3v) is 7.06. The first-order valence-electron chi connectivity index (χ1n) is 11.3. The molecule has 1 aromatic carbocycles. The Morgan fingerprint density at radius 3 is 2.43 bits per heavy atom. The van der Waals surface area contributed by atoms with Gasteiger partial charge in [0.1, 0.15) is 12.5 Å². The molecule has 0 unspecified atom stereocenters. The number of benzene rings is 1. The lowest BCUT2D eigenvalue weighted by Crippen LogP contribution is -2.43. The molecule has 0 saturated heterocycles. The molecule has 1 aliphatic carbocycles. The van der Waals surface area contributed by atoms with Crippen molar-refractivity contribution in [3.63, 3.8) is 0 Å². The van der Waals surface area contributed by atoms with E-state index in [4.69, 9.17) is 9.47 Å². The van der Waals surface area contributed by atoms with Crippen molar-refractivity contribution in [3.8, 4) is 0 Å². The number of hydrogen-bond acceptors (Lipinski definition) is 7. The summed E-state index contributed by atoms with van der Waals surface area (Å²) in [6, 6.07) is 4.35. The Hall–Kier alpha value is -2.75. The lowest BCUT2D eigenvalue weighted by atomic mass is 9.69. The number of esters is 2. The summed E-state index contributed by atoms with van der Waals surface area (Å²) in [6.45, 7) is 5.55. The van der Waals surface area contributed by atoms with Crippen molar-refractivity contribution in [2.24, 2.45) is 11.8 Å². The number of dihydropyridines is 1. The Balaban J connectivity index is 2.09. The van der Waals surface area contributed by atoms with E-state index >= 15 is 0 Å². The van der Waals surface area contributed by atoms with Crippen LogP contribution >= 0.6 is 11.8 Å². The van der Waals surface area contributed by atoms with Crippen LogP contribution in [-0.2, 0) is 30.0 Å². The topological polar surface area (TPSA) is 81.7 Å². The number of nitrogens with one attached hydrogen (secondary N) is 1. The average molecular weight is 512 g/mol. The fourth-order valence-corrected chi connectivity index (χ4v) is 5.05. The van der Waals surface area contributed by atoms with E-state index < -0.39 is 41.3 Å². The van der Waals surface area contributed by atoms with Gasteiger partial charge in [0.25, 0.3) is 0 Å². The lowest BCUT2D eigenvalue weighted by Gasteiger charge is -2.38. The van der Waals surface area contributed by atoms with Crippen LogP contribution in [0.3, 0.4) is 0 Å². The van der Waals surface area contributed by atoms with Crippen molar-refractivity contribution in [3.05, 3.63) is 57.9 Å². The van der Waals surface area contributed by atoms with Gasteiger partial charge in [0.15, 0.2) is 5.78 Å². The van der Waals surface area contributed by atoms with E-state index in [0.29, 0.717) is 29.1 Å². The van der Waals surface area contributed by atoms with Gasteiger partial charge in [-0.05, 0) is 42.7 Å². The number of hydrogen-bond donors (Lipinski definition) is 1. The summed E-state index contributed by atoms with van der Waals surface area (Å²) in [6.07, 6.45) is -4.20. The smallest absolute Gasteiger partial charge is 0.416 e. The van der Waals surface area contributed by atoms with Gasteiger partial charge in [0.05, 0.1) is 18.2 Å². The van der Waals surface area contributed by atoms with Gasteiger partial charge >= 0.3 is 18.1 Å². The molecule has 190 valence electrons. The highest BCUT2D eigenvalue weighted by Crippen LogP contribution is 2.46. The molecule has 35 heavy (non-hydrogen) atoms. The van der Waals surface area contributed by atoms with Gasteiger partial charge in [-0.3, -0.25) is 9.59 Å². The Labute approximate surface area is 206 Å². The van der Waals surface area contributed by atoms with E-state index in [1.807, 2.05) is 6.92 Å². The number of carbonyl (C=O) groups excluding carboxylic acids is 3. The molecule has 0 fully saturated rings. The number of Topliss-reactive ketones (excluding diaryl/α,β-unsaturated/α-hetero) is 1. The average Bonchev–Trinajstić information content (AvgIpc) is 2.80. The largest absolute Gasteiger partial charge is 0.468 e. The highest BCUT2D eigenvalue weighted by atomic mass is 32.2. The van der Waals surface area contributed by atoms with Crippen LogP contribution in [0.15, 0.2) is 46.8 Å². The number of thioether (sulfide) groups is 1. The van der Waals surface area contributed by atoms with E-state index in [2.05, 4.69) is 5.32 Å². The Morgan fingerprint density at radius 1 is 1.20 bits per heavy atom. The standard InChI is InChI=1S/C25H28F3NO5S/c1-5-35-11-10-34-24(32)19-14(3)29-17-12-13(2)18(23(31)33-4)22(30)21(17)20(19)15-6-8-16(9-7-15)25(26,27)28/h6-9,13,18,20,29H,5,10-12H2,1-4H3/t13-,18-,20+/m1/s1. The molecule has 0 spiro atoms. The molecule has 1 aliphatic heterocycles. The molecular weight excluding hydrogens is 483 g/mol. The normalized spacial score (nSPS) is 22.5. The summed E-state index contributed by atoms with van der Waals surface area (Å²) < 4.78 is 49.8. The van der Waals surface area contributed by atoms with Gasteiger partial charge in [-0.1, -0.05) is 26.0 Å². The van der Waals surface area contributed by atoms with E-state index in [9.17, 15) is 27.6 Å². The SMILES string of the molecule is CCSCCOC(=O)C1=C(C)NC2=C(C(=O)[C@H](C(=O)OC)[C@H](C)C2)[C@H]1c1ccc(C(F)(F)F)cc1. The van der Waals surface area contributed by atoms with Crippen LogP contribution in [-0.4, -0.2) is 42.9 Å². The molecule has 1 N–H and O–H groups in total. The van der Waals surface area contributed by atoms with Crippen LogP contribution in [0.1, 0.15) is 44.2 Å². The van der Waals surface area contributed by atoms with Crippen LogP contribution < -0.4 is 5.32 Å². The molecule has 0 radical (unpaired) electrons. The maximum absolute atomic E-state index is 13.6. The molecule has 3 atom stereocenters. The highest BCUT2D eigenvalue weighted by Gasteiger charge is 2.47. The maximum Gasteiger partial charge on any atom is 0.416 e. The summed E-state index contributed by atoms with van der Waals surface area (Å²) in [5.74, 6) is -2.84. The minimum atomic E-state index is -4.53. The molecule has 10 heteroatoms. The molecule has 1 aromatic rings. The number of carbonyl (C=O) groups is 3. The number of rotatable bonds is 7. The molecule has 0 saturated carbocycles. The van der Waals surface area contributed by atoms with Crippen molar-refractivity contribution in [1.29, 1.82) is 0 Å². The zero-order valence-corrected chi connectivity index (χ0v) is 20.8. The molecule has 3 rings (SSSR count). The van der Waals surface area contributed by atoms with E-state index in [0.717, 1.165) is 17.9 Å². The second kappa shape index (κ2) is 10.9. The van der Waals surface area contributed by atoms with Crippen molar-refractivity contribution < 1.29 is 37.0 Å². The molecule has 1 heterocycles. The Bertz CT molecular complexity index is 1060. The number of allylic oxidation sites excluding steroid dienone is 3. The second-order valence-electron chi connectivity index (χ2n) is 8.49. The zero-order valence-electron chi connectivity index (χ0n) is 20.0. The number of halogens is 3. The van der Waals surface area contributed by atoms with Crippen molar-refractivity contribution >= 4 is 29.5 Å². The zero-order chi connectivity index (χ0) is 25.9. The summed E-state index contributed by atoms with van der Waals surface area (Å²) >= 11 is 1.59. The maximum atomic E-state index is 13.6. The summed E-state index contributed by atoms with van der Waals surface area (Å²) in [4.78, 5) is 39.2. The molecule has 6 nitrogen and oxygen atoms in total. The summed E-state index contributed by atoms with van der Waals surface area (Å²) in [7, 11) is 1.19. The van der Waals surface area contributed by atoms with Gasteiger partial charge in [0.2, 0.25) is 0 Å².